The van der Waals surface area contributed by atoms with Crippen LogP contribution in [0.4, 0.5) is 11.4 Å². The Morgan fingerprint density at radius 1 is 0.485 bits per heavy atom. The quantitative estimate of drug-likeness (QED) is 0.0252. The number of rotatable bonds is 17. The summed E-state index contributed by atoms with van der Waals surface area (Å²) in [5, 5.41) is 70.5. The fourth-order valence-corrected chi connectivity index (χ4v) is 17.6. The molecule has 6 N–H and O–H groups in total. The van der Waals surface area contributed by atoms with Crippen LogP contribution < -0.4 is 5.06 Å². The molecule has 0 radical (unpaired) electrons. The summed E-state index contributed by atoms with van der Waals surface area (Å²) >= 11 is 0. The second kappa shape index (κ2) is 36.0. The van der Waals surface area contributed by atoms with E-state index in [2.05, 4.69) is 61.8 Å². The third-order valence-corrected chi connectivity index (χ3v) is 21.6. The van der Waals surface area contributed by atoms with Crippen molar-refractivity contribution in [1.29, 1.82) is 0 Å². The summed E-state index contributed by atoms with van der Waals surface area (Å²) in [6.07, 6.45) is 13.4. The van der Waals surface area contributed by atoms with Crippen molar-refractivity contribution in [2.75, 3.05) is 18.4 Å². The minimum absolute atomic E-state index is 0.0399. The van der Waals surface area contributed by atoms with Crippen LogP contribution in [0.1, 0.15) is 286 Å². The number of hydrogen-bond donors (Lipinski definition) is 6. The molecule has 0 aromatic heterocycles. The fourth-order valence-electron chi connectivity index (χ4n) is 15.3. The maximum absolute atomic E-state index is 12.3. The molecule has 0 aliphatic carbocycles. The van der Waals surface area contributed by atoms with Crippen LogP contribution in [0.25, 0.3) is 0 Å². The van der Waals surface area contributed by atoms with E-state index >= 15 is 0 Å². The van der Waals surface area contributed by atoms with Crippen molar-refractivity contribution in [3.63, 3.8) is 0 Å². The molecule has 4 aromatic carbocycles. The summed E-state index contributed by atoms with van der Waals surface area (Å²) in [5.41, 5.74) is 2.14. The average Bonchev–Trinajstić information content (AvgIpc) is 1.56. The van der Waals surface area contributed by atoms with Crippen LogP contribution in [-0.2, 0) is 24.6 Å². The van der Waals surface area contributed by atoms with Crippen molar-refractivity contribution in [3.8, 4) is 0 Å². The summed E-state index contributed by atoms with van der Waals surface area (Å²) in [6, 6.07) is 37.9. The molecule has 1 atom stereocenters. The highest BCUT2D eigenvalue weighted by Crippen LogP contribution is 2.50. The Hall–Kier alpha value is -4.72. The zero-order valence-corrected chi connectivity index (χ0v) is 68.3. The first-order valence-electron chi connectivity index (χ1n) is 37.1. The number of anilines is 1. The molecule has 8 rings (SSSR count). The Kier molecular flexibility index (Phi) is 31.6. The van der Waals surface area contributed by atoms with E-state index in [1.54, 1.807) is 5.06 Å². The lowest BCUT2D eigenvalue weighted by atomic mass is 9.78. The van der Waals surface area contributed by atoms with Crippen LogP contribution in [0.15, 0.2) is 120 Å². The van der Waals surface area contributed by atoms with Gasteiger partial charge < -0.3 is 35.5 Å². The number of fused-ring (bicyclic) bond motifs is 1. The van der Waals surface area contributed by atoms with Gasteiger partial charge in [-0.05, 0) is 226 Å². The number of ether oxygens (including phenoxy) is 2. The topological polar surface area (TPSA) is 206 Å². The molecular formula is C83H138N7O10P. The molecule has 3 fully saturated rings. The van der Waals surface area contributed by atoms with Crippen LogP contribution in [0, 0.1) is 5.41 Å². The number of nitrogens with zero attached hydrogens (tertiary/aromatic N) is 7. The largest absolute Gasteiger partial charge is 0.462 e. The Bertz CT molecular complexity index is 3020. The highest BCUT2D eigenvalue weighted by Gasteiger charge is 2.53. The van der Waals surface area contributed by atoms with E-state index in [0.717, 1.165) is 91.6 Å². The molecule has 0 saturated carbocycles. The summed E-state index contributed by atoms with van der Waals surface area (Å²) in [6.45, 7) is 53.2. The number of piperidine rings is 3. The lowest BCUT2D eigenvalue weighted by Gasteiger charge is -2.50. The smallest absolute Gasteiger partial charge is 0.306 e. The molecule has 4 aromatic rings. The maximum Gasteiger partial charge on any atom is 0.306 e. The number of unbranched alkanes of at least 4 members (excludes halogenated alkanes) is 6. The average molecular weight is 1430 g/mol. The van der Waals surface area contributed by atoms with Crippen molar-refractivity contribution in [2.45, 2.75) is 342 Å². The van der Waals surface area contributed by atoms with E-state index in [4.69, 9.17) is 14.5 Å². The third kappa shape index (κ3) is 25.0. The van der Waals surface area contributed by atoms with Gasteiger partial charge in [0.25, 0.3) is 0 Å². The summed E-state index contributed by atoms with van der Waals surface area (Å²) in [7, 11) is -0.180. The Labute approximate surface area is 612 Å². The van der Waals surface area contributed by atoms with Crippen LogP contribution in [-0.4, -0.2) is 155 Å². The first-order valence-corrected chi connectivity index (χ1v) is 39.4. The predicted octanol–water partition coefficient (Wildman–Crippen LogP) is 20.6. The normalized spacial score (nSPS) is 20.4. The van der Waals surface area contributed by atoms with Gasteiger partial charge in [-0.3, -0.25) is 14.8 Å². The Balaban J connectivity index is 0.000000296. The Morgan fingerprint density at radius 3 is 1.12 bits per heavy atom. The zero-order chi connectivity index (χ0) is 76.8. The second-order valence-electron chi connectivity index (χ2n) is 36.6. The lowest BCUT2D eigenvalue weighted by Crippen LogP contribution is -2.60. The van der Waals surface area contributed by atoms with Crippen molar-refractivity contribution in [3.05, 3.63) is 132 Å². The van der Waals surface area contributed by atoms with E-state index < -0.39 is 27.7 Å². The molecule has 18 heteroatoms. The summed E-state index contributed by atoms with van der Waals surface area (Å²) in [5.74, 6) is -0.0339. The molecule has 3 saturated heterocycles. The Morgan fingerprint density at radius 2 is 0.812 bits per heavy atom. The van der Waals surface area contributed by atoms with Gasteiger partial charge in [0.2, 0.25) is 0 Å². The number of esters is 2. The first kappa shape index (κ1) is 88.7. The van der Waals surface area contributed by atoms with Gasteiger partial charge in [-0.15, -0.1) is 0 Å². The highest BCUT2D eigenvalue weighted by atomic mass is 31.1. The van der Waals surface area contributed by atoms with Gasteiger partial charge in [0.05, 0.1) is 22.9 Å². The molecule has 0 amide bonds. The second-order valence-corrected chi connectivity index (χ2v) is 39.0. The number of carbonyl (C=O) groups excluding carboxylic acids is 2. The fraction of sp³-hybridized carbons (Fsp3) is 0.675. The van der Waals surface area contributed by atoms with E-state index in [0.29, 0.717) is 38.5 Å². The third-order valence-electron chi connectivity index (χ3n) is 19.7. The zero-order valence-electron chi connectivity index (χ0n) is 67.4. The van der Waals surface area contributed by atoms with E-state index in [1.807, 2.05) is 233 Å². The van der Waals surface area contributed by atoms with Gasteiger partial charge >= 0.3 is 11.9 Å². The summed E-state index contributed by atoms with van der Waals surface area (Å²) in [4.78, 5) is 29.7. The van der Waals surface area contributed by atoms with Crippen molar-refractivity contribution in [1.82, 2.24) is 25.3 Å². The minimum Gasteiger partial charge on any atom is -0.462 e. The molecule has 101 heavy (non-hydrogen) atoms. The van der Waals surface area contributed by atoms with Crippen molar-refractivity contribution >= 4 is 36.9 Å². The monoisotopic (exact) mass is 1420 g/mol. The molecular weight excluding hydrogens is 1290 g/mol. The lowest BCUT2D eigenvalue weighted by molar-refractivity contribution is -0.259. The van der Waals surface area contributed by atoms with Crippen LogP contribution >= 0.6 is 7.92 Å². The van der Waals surface area contributed by atoms with Gasteiger partial charge in [-0.25, -0.2) is 10.1 Å². The van der Waals surface area contributed by atoms with E-state index in [9.17, 15) is 40.8 Å². The van der Waals surface area contributed by atoms with Crippen LogP contribution in [0.2, 0.25) is 0 Å². The standard InChI is InChI=1S/C29H54N2O6.C26H20N2O.C11H26NOP.C9H19NO.C8H19NO/c1-26(2)18-22(19-27(3,4)30(26)34)36-24(32)16-14-12-10-9-11-13-15-17-25(33)37-23-20-28(5,6)31(35)29(7,8)21-23;29-28-24-19-11-10-18-23(24)25(27-22-16-8-3-9-17-22)26(28,20-12-4-1-5-13-20)21-14-6-2-7-15-21;1-10(2,3)9(14(7)8)12(13)11(4,5)6;1-8(2)6-5-7-9(3,4)10(8)11;1-7(2,3)9(10)8(4,5)6/h22-23,34-35H,9-21H2,1-8H3;1-19,29H;9,13H,1-8H3;11H,5-7H2,1-4H3;10H,1-6H3. The van der Waals surface area contributed by atoms with Gasteiger partial charge in [-0.1, -0.05) is 158 Å². The number of aliphatic imine (C=N–C) groups is 1. The summed E-state index contributed by atoms with van der Waals surface area (Å²) < 4.78 is 11.5. The number of carbonyl (C=O) groups is 2. The molecule has 4 aliphatic rings. The van der Waals surface area contributed by atoms with Crippen LogP contribution in [0.3, 0.4) is 0 Å². The number of hydrogen-bond acceptors (Lipinski definition) is 17. The maximum atomic E-state index is 12.3. The van der Waals surface area contributed by atoms with Crippen molar-refractivity contribution in [2.24, 2.45) is 10.4 Å². The molecule has 0 spiro atoms. The van der Waals surface area contributed by atoms with Crippen LogP contribution in [0.5, 0.6) is 0 Å². The van der Waals surface area contributed by atoms with E-state index in [1.165, 1.54) is 31.7 Å². The molecule has 4 aliphatic heterocycles. The first-order chi connectivity index (χ1) is 46.3. The van der Waals surface area contributed by atoms with Crippen molar-refractivity contribution < 1.29 is 50.3 Å². The van der Waals surface area contributed by atoms with Gasteiger partial charge in [0, 0.05) is 93.9 Å². The highest BCUT2D eigenvalue weighted by molar-refractivity contribution is 7.56. The van der Waals surface area contributed by atoms with Gasteiger partial charge in [-0.2, -0.15) is 25.3 Å². The van der Waals surface area contributed by atoms with E-state index in [-0.39, 0.29) is 71.0 Å². The molecule has 4 heterocycles. The van der Waals surface area contributed by atoms with Gasteiger partial charge in [0.15, 0.2) is 5.54 Å². The molecule has 17 nitrogen and oxygen atoms in total. The molecule has 570 valence electrons. The SMILES string of the molecule is CC(C)(C)N(O)C(C)(C)C.CC1(C)CC(OC(=O)CCCCCCCCCC(=O)OC2CC(C)(C)N(O)C(C)(C)C2)CC(C)(C)N1O.CC1(C)CCCC(C)(C)N1O.CP(C)C(N(O)C(C)(C)C)C(C)(C)C.ON1c2ccccc2C(=Nc2ccccc2)C1(c1ccccc1)c1ccccc1. The minimum atomic E-state index is -0.942. The molecule has 1 unspecified atom stereocenters. The predicted molar refractivity (Wildman–Crippen MR) is 415 cm³/mol. The van der Waals surface area contributed by atoms with Gasteiger partial charge in [0.1, 0.15) is 12.2 Å². The molecule has 0 bridgehead atoms. The number of para-hydroxylation sites is 2. The number of hydroxylamine groups is 11. The number of benzene rings is 4.